The standard InChI is InChI=1S/C23H25F3N6O2/c1-14(22(33)32-8-6-31(2)7-9-32)30-20-17-10-15(4-5-19(17)28-13-29-20)16-11-18(23(24,25)26)21(34-3)27-12-16/h4-5,10-14H,6-9H2,1-3H3,(H,28,29,30). The molecular formula is C23H25F3N6O2. The Hall–Kier alpha value is -3.47. The fourth-order valence-corrected chi connectivity index (χ4v) is 3.89. The molecule has 0 saturated carbocycles. The second-order valence-corrected chi connectivity index (χ2v) is 8.23. The molecule has 1 aromatic carbocycles. The van der Waals surface area contributed by atoms with E-state index in [1.807, 2.05) is 11.9 Å². The van der Waals surface area contributed by atoms with Gasteiger partial charge in [0.25, 0.3) is 0 Å². The van der Waals surface area contributed by atoms with E-state index in [0.29, 0.717) is 35.4 Å². The average Bonchev–Trinajstić information content (AvgIpc) is 2.83. The van der Waals surface area contributed by atoms with Crippen molar-refractivity contribution in [3.05, 3.63) is 42.4 Å². The second kappa shape index (κ2) is 9.41. The first-order chi connectivity index (χ1) is 16.2. The molecule has 8 nitrogen and oxygen atoms in total. The first-order valence-corrected chi connectivity index (χ1v) is 10.8. The summed E-state index contributed by atoms with van der Waals surface area (Å²) >= 11 is 0. The number of fused-ring (bicyclic) bond motifs is 1. The topological polar surface area (TPSA) is 83.5 Å². The van der Waals surface area contributed by atoms with Gasteiger partial charge in [0, 0.05) is 43.3 Å². The van der Waals surface area contributed by atoms with Crippen LogP contribution in [-0.2, 0) is 11.0 Å². The fraction of sp³-hybridized carbons (Fsp3) is 0.391. The number of benzene rings is 1. The number of ether oxygens (including phenoxy) is 1. The van der Waals surface area contributed by atoms with Crippen LogP contribution in [-0.4, -0.2) is 77.0 Å². The lowest BCUT2D eigenvalue weighted by atomic mass is 10.0. The van der Waals surface area contributed by atoms with E-state index < -0.39 is 23.7 Å². The van der Waals surface area contributed by atoms with E-state index in [0.717, 1.165) is 26.3 Å². The third-order valence-electron chi connectivity index (χ3n) is 5.86. The van der Waals surface area contributed by atoms with E-state index in [2.05, 4.69) is 25.2 Å². The maximum Gasteiger partial charge on any atom is 0.421 e. The number of carbonyl (C=O) groups excluding carboxylic acids is 1. The molecule has 0 radical (unpaired) electrons. The van der Waals surface area contributed by atoms with Gasteiger partial charge in [0.1, 0.15) is 23.8 Å². The molecule has 0 spiro atoms. The Morgan fingerprint density at radius 3 is 2.50 bits per heavy atom. The normalized spacial score (nSPS) is 15.9. The number of methoxy groups -OCH3 is 1. The highest BCUT2D eigenvalue weighted by Crippen LogP contribution is 2.37. The number of nitrogens with one attached hydrogen (secondary N) is 1. The Kier molecular flexibility index (Phi) is 6.56. The molecule has 1 unspecified atom stereocenters. The predicted octanol–water partition coefficient (Wildman–Crippen LogP) is 3.29. The molecule has 180 valence electrons. The van der Waals surface area contributed by atoms with Crippen molar-refractivity contribution >= 4 is 22.6 Å². The summed E-state index contributed by atoms with van der Waals surface area (Å²) in [5.74, 6) is -0.0940. The zero-order valence-electron chi connectivity index (χ0n) is 19.1. The Balaban J connectivity index is 1.64. The number of hydrogen-bond donors (Lipinski definition) is 1. The van der Waals surface area contributed by atoms with Crippen LogP contribution in [0.1, 0.15) is 12.5 Å². The molecule has 1 atom stereocenters. The van der Waals surface area contributed by atoms with E-state index in [-0.39, 0.29) is 11.5 Å². The number of nitrogens with zero attached hydrogens (tertiary/aromatic N) is 5. The quantitative estimate of drug-likeness (QED) is 0.608. The van der Waals surface area contributed by atoms with Crippen LogP contribution < -0.4 is 10.1 Å². The van der Waals surface area contributed by atoms with Gasteiger partial charge >= 0.3 is 6.18 Å². The van der Waals surface area contributed by atoms with Crippen LogP contribution in [0.5, 0.6) is 5.88 Å². The maximum absolute atomic E-state index is 13.5. The molecule has 1 aliphatic heterocycles. The SMILES string of the molecule is COc1ncc(-c2ccc3ncnc(NC(C)C(=O)N4CCN(C)CC4)c3c2)cc1C(F)(F)F. The molecular weight excluding hydrogens is 449 g/mol. The molecule has 34 heavy (non-hydrogen) atoms. The van der Waals surface area contributed by atoms with Crippen molar-refractivity contribution in [2.75, 3.05) is 45.7 Å². The number of aromatic nitrogens is 3. The molecule has 1 fully saturated rings. The van der Waals surface area contributed by atoms with Gasteiger partial charge in [0.15, 0.2) is 0 Å². The Labute approximate surface area is 194 Å². The van der Waals surface area contributed by atoms with Crippen molar-refractivity contribution in [2.45, 2.75) is 19.1 Å². The predicted molar refractivity (Wildman–Crippen MR) is 121 cm³/mol. The van der Waals surface area contributed by atoms with Gasteiger partial charge in [-0.25, -0.2) is 15.0 Å². The van der Waals surface area contributed by atoms with Crippen molar-refractivity contribution in [1.82, 2.24) is 24.8 Å². The molecule has 2 aromatic heterocycles. The van der Waals surface area contributed by atoms with Crippen LogP contribution in [0.25, 0.3) is 22.0 Å². The molecule has 11 heteroatoms. The van der Waals surface area contributed by atoms with Crippen LogP contribution in [0.15, 0.2) is 36.8 Å². The van der Waals surface area contributed by atoms with Gasteiger partial charge < -0.3 is 19.9 Å². The number of likely N-dealkylation sites (N-methyl/N-ethyl adjacent to an activating group) is 1. The molecule has 3 heterocycles. The average molecular weight is 474 g/mol. The van der Waals surface area contributed by atoms with Gasteiger partial charge in [0.05, 0.1) is 12.6 Å². The molecule has 1 saturated heterocycles. The maximum atomic E-state index is 13.5. The summed E-state index contributed by atoms with van der Waals surface area (Å²) in [5.41, 5.74) is 0.412. The summed E-state index contributed by atoms with van der Waals surface area (Å²) in [6.45, 7) is 4.70. The van der Waals surface area contributed by atoms with Gasteiger partial charge in [-0.3, -0.25) is 4.79 Å². The summed E-state index contributed by atoms with van der Waals surface area (Å²) in [5, 5.41) is 3.74. The minimum atomic E-state index is -4.61. The highest BCUT2D eigenvalue weighted by atomic mass is 19.4. The zero-order valence-corrected chi connectivity index (χ0v) is 19.1. The van der Waals surface area contributed by atoms with E-state index in [4.69, 9.17) is 4.74 Å². The molecule has 0 bridgehead atoms. The van der Waals surface area contributed by atoms with Gasteiger partial charge in [-0.1, -0.05) is 6.07 Å². The number of alkyl halides is 3. The van der Waals surface area contributed by atoms with Gasteiger partial charge in [-0.15, -0.1) is 0 Å². The van der Waals surface area contributed by atoms with Crippen LogP contribution in [0, 0.1) is 0 Å². The summed E-state index contributed by atoms with van der Waals surface area (Å²) in [6, 6.07) is 5.52. The minimum absolute atomic E-state index is 0.0369. The van der Waals surface area contributed by atoms with Crippen LogP contribution in [0.4, 0.5) is 19.0 Å². The number of piperazine rings is 1. The number of rotatable bonds is 5. The number of hydrogen-bond acceptors (Lipinski definition) is 7. The largest absolute Gasteiger partial charge is 0.481 e. The Bertz CT molecular complexity index is 1200. The molecule has 4 rings (SSSR count). The van der Waals surface area contributed by atoms with Gasteiger partial charge in [-0.05, 0) is 37.7 Å². The first kappa shape index (κ1) is 23.7. The number of pyridine rings is 1. The van der Waals surface area contributed by atoms with Gasteiger partial charge in [-0.2, -0.15) is 13.2 Å². The highest BCUT2D eigenvalue weighted by molar-refractivity contribution is 5.94. The van der Waals surface area contributed by atoms with Crippen molar-refractivity contribution < 1.29 is 22.7 Å². The highest BCUT2D eigenvalue weighted by Gasteiger charge is 2.35. The third kappa shape index (κ3) is 4.89. The lowest BCUT2D eigenvalue weighted by Crippen LogP contribution is -2.51. The smallest absolute Gasteiger partial charge is 0.421 e. The van der Waals surface area contributed by atoms with Gasteiger partial charge in [0.2, 0.25) is 11.8 Å². The number of anilines is 1. The van der Waals surface area contributed by atoms with E-state index in [9.17, 15) is 18.0 Å². The molecule has 3 aromatic rings. The minimum Gasteiger partial charge on any atom is -0.481 e. The summed E-state index contributed by atoms with van der Waals surface area (Å²) in [6.07, 6.45) is -1.90. The summed E-state index contributed by atoms with van der Waals surface area (Å²) < 4.78 is 45.1. The van der Waals surface area contributed by atoms with Crippen LogP contribution in [0.2, 0.25) is 0 Å². The van der Waals surface area contributed by atoms with Crippen molar-refractivity contribution in [3.8, 4) is 17.0 Å². The molecule has 0 aliphatic carbocycles. The lowest BCUT2D eigenvalue weighted by Gasteiger charge is -2.34. The van der Waals surface area contributed by atoms with Crippen LogP contribution in [0.3, 0.4) is 0 Å². The first-order valence-electron chi connectivity index (χ1n) is 10.8. The molecule has 1 aliphatic rings. The van der Waals surface area contributed by atoms with Crippen molar-refractivity contribution in [2.24, 2.45) is 0 Å². The third-order valence-corrected chi connectivity index (χ3v) is 5.86. The molecule has 1 N–H and O–H groups in total. The Morgan fingerprint density at radius 2 is 1.82 bits per heavy atom. The van der Waals surface area contributed by atoms with E-state index >= 15 is 0 Å². The monoisotopic (exact) mass is 474 g/mol. The lowest BCUT2D eigenvalue weighted by molar-refractivity contribution is -0.139. The number of halogens is 3. The zero-order chi connectivity index (χ0) is 24.5. The second-order valence-electron chi connectivity index (χ2n) is 8.23. The van der Waals surface area contributed by atoms with Crippen molar-refractivity contribution in [1.29, 1.82) is 0 Å². The fourth-order valence-electron chi connectivity index (χ4n) is 3.89. The van der Waals surface area contributed by atoms with E-state index in [1.54, 1.807) is 25.1 Å². The Morgan fingerprint density at radius 1 is 1.09 bits per heavy atom. The number of carbonyl (C=O) groups is 1. The summed E-state index contributed by atoms with van der Waals surface area (Å²) in [4.78, 5) is 29.2. The summed E-state index contributed by atoms with van der Waals surface area (Å²) in [7, 11) is 3.16. The van der Waals surface area contributed by atoms with E-state index in [1.165, 1.54) is 12.5 Å². The van der Waals surface area contributed by atoms with Crippen molar-refractivity contribution in [3.63, 3.8) is 0 Å². The van der Waals surface area contributed by atoms with Crippen LogP contribution >= 0.6 is 0 Å². The molecule has 1 amide bonds. The number of amides is 1.